The number of hydrogen-bond donors (Lipinski definition) is 5. The van der Waals surface area contributed by atoms with Gasteiger partial charge in [-0.3, -0.25) is 0 Å². The number of carboxylic acid groups (broad SMARTS) is 2. The third-order valence-corrected chi connectivity index (χ3v) is 5.18. The number of nitrogens with two attached hydrogens (primary N) is 2. The molecule has 0 amide bonds. The van der Waals surface area contributed by atoms with Gasteiger partial charge in [-0.2, -0.15) is 22.0 Å². The van der Waals surface area contributed by atoms with E-state index in [1.165, 1.54) is 6.07 Å². The number of carboxylic acids is 1. The number of ether oxygens (including phenoxy) is 3. The number of hydrogen-bond acceptors (Lipinski definition) is 8. The lowest BCUT2D eigenvalue weighted by Crippen LogP contribution is -2.14. The van der Waals surface area contributed by atoms with E-state index in [4.69, 9.17) is 31.2 Å². The summed E-state index contributed by atoms with van der Waals surface area (Å²) in [7, 11) is 0. The third kappa shape index (κ3) is 7.69. The Morgan fingerprint density at radius 3 is 1.84 bits per heavy atom. The summed E-state index contributed by atoms with van der Waals surface area (Å²) in [5.74, 6) is -12.8. The minimum Gasteiger partial charge on any atom is -0.506 e. The van der Waals surface area contributed by atoms with E-state index >= 15 is 0 Å². The van der Waals surface area contributed by atoms with Crippen LogP contribution in [0.15, 0.2) is 66.7 Å². The molecule has 0 aromatic heterocycles. The van der Waals surface area contributed by atoms with E-state index in [2.05, 4.69) is 4.74 Å². The van der Waals surface area contributed by atoms with Gasteiger partial charge in [0.05, 0.1) is 16.9 Å². The highest BCUT2D eigenvalue weighted by Crippen LogP contribution is 2.47. The summed E-state index contributed by atoms with van der Waals surface area (Å²) in [6.45, 7) is 0. The standard InChI is InChI=1S/C20H11F6NO5.C7H7NO3/c21-14-13(20(24,25)26)17(31-9-3-1-8(2-4-9)19(29)30)16(23)18(15(14)22)32-10-5-6-11(27)12(28)7-10;8-5-3-1-2-4-6(5)11-7(9)10/h1-7,28H,27H2,(H,29,30);1-4H,8H2,(H,9,10). The predicted molar refractivity (Wildman–Crippen MR) is 137 cm³/mol. The van der Waals surface area contributed by atoms with Crippen LogP contribution in [0.3, 0.4) is 0 Å². The van der Waals surface area contributed by atoms with Gasteiger partial charge in [0.2, 0.25) is 17.4 Å². The number of rotatable bonds is 6. The zero-order chi connectivity index (χ0) is 32.1. The Bertz CT molecular complexity index is 1660. The first-order valence-electron chi connectivity index (χ1n) is 11.4. The maximum atomic E-state index is 14.9. The number of phenols is 1. The Morgan fingerprint density at radius 1 is 0.721 bits per heavy atom. The third-order valence-electron chi connectivity index (χ3n) is 5.18. The van der Waals surface area contributed by atoms with Gasteiger partial charge in [-0.05, 0) is 48.5 Å². The summed E-state index contributed by atoms with van der Waals surface area (Å²) in [5.41, 5.74) is 8.31. The molecule has 7 N–H and O–H groups in total. The molecule has 0 spiro atoms. The van der Waals surface area contributed by atoms with Gasteiger partial charge in [0.15, 0.2) is 17.3 Å². The Balaban J connectivity index is 0.000000386. The van der Waals surface area contributed by atoms with Gasteiger partial charge in [0.25, 0.3) is 0 Å². The number of anilines is 2. The quantitative estimate of drug-likeness (QED) is 0.0380. The summed E-state index contributed by atoms with van der Waals surface area (Å²) < 4.78 is 97.7. The van der Waals surface area contributed by atoms with E-state index in [-0.39, 0.29) is 17.0 Å². The number of halogens is 6. The average Bonchev–Trinajstić information content (AvgIpc) is 2.92. The summed E-state index contributed by atoms with van der Waals surface area (Å²) >= 11 is 0. The minimum atomic E-state index is -5.57. The largest absolute Gasteiger partial charge is 0.511 e. The van der Waals surface area contributed by atoms with Crippen molar-refractivity contribution in [3.63, 3.8) is 0 Å². The lowest BCUT2D eigenvalue weighted by molar-refractivity contribution is -0.141. The number of benzene rings is 4. The fourth-order valence-electron chi connectivity index (χ4n) is 3.21. The van der Waals surface area contributed by atoms with Gasteiger partial charge in [-0.1, -0.05) is 12.1 Å². The number of aromatic carboxylic acids is 1. The van der Waals surface area contributed by atoms with Crippen LogP contribution in [0, 0.1) is 17.5 Å². The van der Waals surface area contributed by atoms with Gasteiger partial charge in [-0.25, -0.2) is 14.0 Å². The number of para-hydroxylation sites is 2. The fourth-order valence-corrected chi connectivity index (χ4v) is 3.21. The van der Waals surface area contributed by atoms with Crippen molar-refractivity contribution in [2.45, 2.75) is 6.18 Å². The highest BCUT2D eigenvalue weighted by Gasteiger charge is 2.43. The van der Waals surface area contributed by atoms with Crippen molar-refractivity contribution in [2.24, 2.45) is 0 Å². The second-order valence-electron chi connectivity index (χ2n) is 8.13. The molecule has 10 nitrogen and oxygen atoms in total. The van der Waals surface area contributed by atoms with E-state index in [1.807, 2.05) is 0 Å². The van der Waals surface area contributed by atoms with Crippen molar-refractivity contribution >= 4 is 23.5 Å². The first-order chi connectivity index (χ1) is 20.1. The molecule has 4 aromatic carbocycles. The number of carbonyl (C=O) groups is 2. The van der Waals surface area contributed by atoms with Crippen LogP contribution >= 0.6 is 0 Å². The first-order valence-corrected chi connectivity index (χ1v) is 11.4. The molecule has 0 saturated heterocycles. The monoisotopic (exact) mass is 612 g/mol. The van der Waals surface area contributed by atoms with Crippen molar-refractivity contribution in [3.05, 3.63) is 95.3 Å². The van der Waals surface area contributed by atoms with Crippen molar-refractivity contribution in [3.8, 4) is 34.5 Å². The van der Waals surface area contributed by atoms with Crippen LogP contribution in [0.5, 0.6) is 34.5 Å². The molecule has 0 saturated carbocycles. The summed E-state index contributed by atoms with van der Waals surface area (Å²) in [6, 6.07) is 13.0. The molecule has 0 heterocycles. The topological polar surface area (TPSA) is 175 Å². The van der Waals surface area contributed by atoms with Crippen LogP contribution in [-0.2, 0) is 6.18 Å². The second kappa shape index (κ2) is 12.8. The maximum absolute atomic E-state index is 14.9. The molecular weight excluding hydrogens is 594 g/mol. The summed E-state index contributed by atoms with van der Waals surface area (Å²) in [4.78, 5) is 20.9. The molecule has 0 bridgehead atoms. The minimum absolute atomic E-state index is 0.134. The second-order valence-corrected chi connectivity index (χ2v) is 8.13. The zero-order valence-corrected chi connectivity index (χ0v) is 21.2. The molecule has 0 aliphatic rings. The van der Waals surface area contributed by atoms with E-state index < -0.39 is 70.1 Å². The summed E-state index contributed by atoms with van der Waals surface area (Å²) in [5, 5.41) is 26.6. The van der Waals surface area contributed by atoms with Gasteiger partial charge in [-0.15, -0.1) is 0 Å². The number of nitrogen functional groups attached to an aromatic ring is 2. The Hall–Kier alpha value is -5.80. The molecule has 0 unspecified atom stereocenters. The Kier molecular flexibility index (Phi) is 9.44. The summed E-state index contributed by atoms with van der Waals surface area (Å²) in [6.07, 6.45) is -6.93. The van der Waals surface area contributed by atoms with Crippen LogP contribution in [0.4, 0.5) is 42.5 Å². The van der Waals surface area contributed by atoms with Crippen LogP contribution < -0.4 is 25.7 Å². The van der Waals surface area contributed by atoms with Crippen molar-refractivity contribution in [1.29, 1.82) is 0 Å². The molecule has 4 aromatic rings. The van der Waals surface area contributed by atoms with Gasteiger partial charge >= 0.3 is 18.3 Å². The van der Waals surface area contributed by atoms with E-state index in [0.29, 0.717) is 5.69 Å². The van der Waals surface area contributed by atoms with Crippen LogP contribution in [0.1, 0.15) is 15.9 Å². The molecule has 16 heteroatoms. The van der Waals surface area contributed by atoms with E-state index in [1.54, 1.807) is 18.2 Å². The van der Waals surface area contributed by atoms with Gasteiger partial charge in [0.1, 0.15) is 22.8 Å². The number of phenolic OH excluding ortho intramolecular Hbond substituents is 1. The molecule has 0 atom stereocenters. The van der Waals surface area contributed by atoms with Crippen LogP contribution in [-0.4, -0.2) is 27.4 Å². The van der Waals surface area contributed by atoms with Crippen LogP contribution in [0.2, 0.25) is 0 Å². The molecule has 0 aliphatic heterocycles. The molecule has 0 aliphatic carbocycles. The van der Waals surface area contributed by atoms with E-state index in [9.17, 15) is 41.0 Å². The SMILES string of the molecule is Nc1ccc(Oc2c(F)c(F)c(C(F)(F)F)c(Oc3ccc(C(=O)O)cc3)c2F)cc1O.Nc1ccccc1OC(=O)O. The highest BCUT2D eigenvalue weighted by atomic mass is 19.4. The van der Waals surface area contributed by atoms with Crippen molar-refractivity contribution in [1.82, 2.24) is 0 Å². The molecule has 0 fully saturated rings. The first kappa shape index (κ1) is 31.7. The van der Waals surface area contributed by atoms with E-state index in [0.717, 1.165) is 42.5 Å². The lowest BCUT2D eigenvalue weighted by Gasteiger charge is -2.18. The van der Waals surface area contributed by atoms with Crippen molar-refractivity contribution < 1.29 is 65.5 Å². The number of aromatic hydroxyl groups is 1. The normalized spacial score (nSPS) is 10.7. The predicted octanol–water partition coefficient (Wildman–Crippen LogP) is 7.02. The molecule has 0 radical (unpaired) electrons. The van der Waals surface area contributed by atoms with Crippen LogP contribution in [0.25, 0.3) is 0 Å². The molecule has 226 valence electrons. The Labute approximate surface area is 236 Å². The smallest absolute Gasteiger partial charge is 0.506 e. The highest BCUT2D eigenvalue weighted by molar-refractivity contribution is 5.87. The Morgan fingerprint density at radius 2 is 1.30 bits per heavy atom. The molecular formula is C27H18F6N2O8. The fraction of sp³-hybridized carbons (Fsp3) is 0.0370. The average molecular weight is 612 g/mol. The lowest BCUT2D eigenvalue weighted by atomic mass is 10.1. The zero-order valence-electron chi connectivity index (χ0n) is 21.2. The number of alkyl halides is 3. The van der Waals surface area contributed by atoms with Gasteiger partial charge in [0, 0.05) is 6.07 Å². The van der Waals surface area contributed by atoms with Crippen molar-refractivity contribution in [2.75, 3.05) is 11.5 Å². The molecule has 4 rings (SSSR count). The molecule has 43 heavy (non-hydrogen) atoms. The maximum Gasteiger partial charge on any atom is 0.511 e. The van der Waals surface area contributed by atoms with Gasteiger partial charge < -0.3 is 41.0 Å².